The van der Waals surface area contributed by atoms with E-state index < -0.39 is 0 Å². The number of halogens is 1. The molecule has 0 atom stereocenters. The molecule has 92 valence electrons. The molecule has 2 rings (SSSR count). The molecule has 1 aromatic rings. The third-order valence-electron chi connectivity index (χ3n) is 3.90. The van der Waals surface area contributed by atoms with Gasteiger partial charge in [0.2, 0.25) is 5.91 Å². The lowest BCUT2D eigenvalue weighted by Crippen LogP contribution is -2.41. The Morgan fingerprint density at radius 1 is 1.47 bits per heavy atom. The van der Waals surface area contributed by atoms with Crippen LogP contribution in [0.2, 0.25) is 0 Å². The summed E-state index contributed by atoms with van der Waals surface area (Å²) < 4.78 is 13.4. The third kappa shape index (κ3) is 2.19. The van der Waals surface area contributed by atoms with Crippen molar-refractivity contribution in [2.75, 3.05) is 5.32 Å². The monoisotopic (exact) mass is 235 g/mol. The van der Waals surface area contributed by atoms with Crippen molar-refractivity contribution in [2.24, 2.45) is 5.41 Å². The van der Waals surface area contributed by atoms with Crippen LogP contribution in [0.4, 0.5) is 10.1 Å². The average Bonchev–Trinajstić information content (AvgIpc) is 2.23. The van der Waals surface area contributed by atoms with Gasteiger partial charge in [-0.25, -0.2) is 4.39 Å². The van der Waals surface area contributed by atoms with Crippen molar-refractivity contribution < 1.29 is 9.18 Å². The Kier molecular flexibility index (Phi) is 3.18. The maximum absolute atomic E-state index is 13.4. The Bertz CT molecular complexity index is 432. The molecule has 3 heteroatoms. The summed E-state index contributed by atoms with van der Waals surface area (Å²) in [6.45, 7) is 3.74. The molecule has 1 N–H and O–H groups in total. The fraction of sp³-hybridized carbons (Fsp3) is 0.500. The molecule has 1 fully saturated rings. The van der Waals surface area contributed by atoms with Crippen LogP contribution in [0, 0.1) is 18.2 Å². The van der Waals surface area contributed by atoms with Crippen LogP contribution in [0.5, 0.6) is 0 Å². The second kappa shape index (κ2) is 4.47. The van der Waals surface area contributed by atoms with Gasteiger partial charge in [-0.15, -0.1) is 0 Å². The zero-order chi connectivity index (χ0) is 12.5. The first-order valence-electron chi connectivity index (χ1n) is 6.15. The minimum absolute atomic E-state index is 0.0366. The number of anilines is 1. The Balaban J connectivity index is 2.10. The highest BCUT2D eigenvalue weighted by Gasteiger charge is 2.42. The van der Waals surface area contributed by atoms with E-state index in [-0.39, 0.29) is 17.1 Å². The third-order valence-corrected chi connectivity index (χ3v) is 3.90. The highest BCUT2D eigenvalue weighted by Crippen LogP contribution is 2.44. The normalized spacial score (nSPS) is 17.4. The van der Waals surface area contributed by atoms with Crippen molar-refractivity contribution in [3.05, 3.63) is 29.6 Å². The van der Waals surface area contributed by atoms with Gasteiger partial charge >= 0.3 is 0 Å². The molecule has 0 spiro atoms. The van der Waals surface area contributed by atoms with Crippen molar-refractivity contribution in [3.63, 3.8) is 0 Å². The van der Waals surface area contributed by atoms with E-state index in [2.05, 4.69) is 5.32 Å². The van der Waals surface area contributed by atoms with Gasteiger partial charge in [0.25, 0.3) is 0 Å². The summed E-state index contributed by atoms with van der Waals surface area (Å²) in [7, 11) is 0. The molecule has 1 saturated carbocycles. The summed E-state index contributed by atoms with van der Waals surface area (Å²) in [6.07, 6.45) is 3.87. The van der Waals surface area contributed by atoms with Crippen LogP contribution >= 0.6 is 0 Å². The van der Waals surface area contributed by atoms with E-state index in [9.17, 15) is 9.18 Å². The number of nitrogens with one attached hydrogen (secondary N) is 1. The van der Waals surface area contributed by atoms with Crippen molar-refractivity contribution in [1.29, 1.82) is 0 Å². The first-order valence-corrected chi connectivity index (χ1v) is 6.15. The summed E-state index contributed by atoms with van der Waals surface area (Å²) in [5.41, 5.74) is 0.941. The van der Waals surface area contributed by atoms with Gasteiger partial charge in [-0.2, -0.15) is 0 Å². The minimum atomic E-state index is -0.276. The van der Waals surface area contributed by atoms with Crippen LogP contribution in [0.1, 0.15) is 38.2 Å². The first kappa shape index (κ1) is 12.1. The number of hydrogen-bond donors (Lipinski definition) is 1. The number of rotatable bonds is 3. The number of amides is 1. The molecule has 0 bridgehead atoms. The lowest BCUT2D eigenvalue weighted by molar-refractivity contribution is -0.130. The van der Waals surface area contributed by atoms with E-state index in [1.807, 2.05) is 6.92 Å². The second-order valence-corrected chi connectivity index (χ2v) is 4.91. The summed E-state index contributed by atoms with van der Waals surface area (Å²) in [6, 6.07) is 4.82. The Labute approximate surface area is 101 Å². The van der Waals surface area contributed by atoms with Crippen LogP contribution in [-0.4, -0.2) is 5.91 Å². The van der Waals surface area contributed by atoms with Crippen LogP contribution < -0.4 is 5.32 Å². The van der Waals surface area contributed by atoms with Gasteiger partial charge in [-0.3, -0.25) is 4.79 Å². The molecule has 0 aromatic heterocycles. The van der Waals surface area contributed by atoms with Crippen molar-refractivity contribution in [1.82, 2.24) is 0 Å². The fourth-order valence-electron chi connectivity index (χ4n) is 2.28. The Morgan fingerprint density at radius 2 is 2.18 bits per heavy atom. The molecular formula is C14H18FNO. The second-order valence-electron chi connectivity index (χ2n) is 4.91. The first-order chi connectivity index (χ1) is 8.07. The van der Waals surface area contributed by atoms with E-state index in [1.54, 1.807) is 19.1 Å². The number of hydrogen-bond acceptors (Lipinski definition) is 1. The highest BCUT2D eigenvalue weighted by molar-refractivity contribution is 5.95. The maximum Gasteiger partial charge on any atom is 0.230 e. The zero-order valence-corrected chi connectivity index (χ0v) is 10.3. The predicted octanol–water partition coefficient (Wildman–Crippen LogP) is 3.65. The van der Waals surface area contributed by atoms with Gasteiger partial charge in [0.15, 0.2) is 0 Å². The molecular weight excluding hydrogens is 217 g/mol. The van der Waals surface area contributed by atoms with Gasteiger partial charge in [0.1, 0.15) is 5.82 Å². The van der Waals surface area contributed by atoms with Crippen LogP contribution in [-0.2, 0) is 4.79 Å². The molecule has 2 nitrogen and oxygen atoms in total. The zero-order valence-electron chi connectivity index (χ0n) is 10.3. The lowest BCUT2D eigenvalue weighted by atomic mass is 9.66. The number of aryl methyl sites for hydroxylation is 1. The average molecular weight is 235 g/mol. The fourth-order valence-corrected chi connectivity index (χ4v) is 2.28. The summed E-state index contributed by atoms with van der Waals surface area (Å²) in [5, 5.41) is 2.82. The molecule has 0 aliphatic heterocycles. The number of benzene rings is 1. The Morgan fingerprint density at radius 3 is 2.65 bits per heavy atom. The standard InChI is InChI=1S/C14H18FNO/c1-3-14(7-4-8-14)13(17)16-11-6-5-10(2)12(15)9-11/h5-6,9H,3-4,7-8H2,1-2H3,(H,16,17). The molecule has 0 heterocycles. The van der Waals surface area contributed by atoms with Gasteiger partial charge < -0.3 is 5.32 Å². The largest absolute Gasteiger partial charge is 0.326 e. The van der Waals surface area contributed by atoms with E-state index in [4.69, 9.17) is 0 Å². The van der Waals surface area contributed by atoms with Gasteiger partial charge in [0, 0.05) is 11.1 Å². The van der Waals surface area contributed by atoms with E-state index in [1.165, 1.54) is 6.07 Å². The van der Waals surface area contributed by atoms with Crippen LogP contribution in [0.15, 0.2) is 18.2 Å². The molecule has 17 heavy (non-hydrogen) atoms. The molecule has 1 aliphatic rings. The summed E-state index contributed by atoms with van der Waals surface area (Å²) >= 11 is 0. The summed E-state index contributed by atoms with van der Waals surface area (Å²) in [4.78, 5) is 12.1. The van der Waals surface area contributed by atoms with Gasteiger partial charge in [0.05, 0.1) is 0 Å². The van der Waals surface area contributed by atoms with Crippen molar-refractivity contribution in [3.8, 4) is 0 Å². The molecule has 1 aliphatic carbocycles. The van der Waals surface area contributed by atoms with Gasteiger partial charge in [-0.05, 0) is 43.9 Å². The SMILES string of the molecule is CCC1(C(=O)Nc2ccc(C)c(F)c2)CCC1. The highest BCUT2D eigenvalue weighted by atomic mass is 19.1. The maximum atomic E-state index is 13.4. The number of carbonyl (C=O) groups excluding carboxylic acids is 1. The van der Waals surface area contributed by atoms with E-state index in [0.717, 1.165) is 25.7 Å². The molecule has 1 aromatic carbocycles. The van der Waals surface area contributed by atoms with E-state index >= 15 is 0 Å². The predicted molar refractivity (Wildman–Crippen MR) is 66.3 cm³/mol. The quantitative estimate of drug-likeness (QED) is 0.851. The molecule has 0 saturated heterocycles. The van der Waals surface area contributed by atoms with Crippen molar-refractivity contribution in [2.45, 2.75) is 39.5 Å². The summed E-state index contributed by atoms with van der Waals surface area (Å²) in [5.74, 6) is -0.239. The van der Waals surface area contributed by atoms with Crippen LogP contribution in [0.25, 0.3) is 0 Å². The number of carbonyl (C=O) groups is 1. The molecule has 0 radical (unpaired) electrons. The molecule has 0 unspecified atom stereocenters. The van der Waals surface area contributed by atoms with Crippen molar-refractivity contribution >= 4 is 11.6 Å². The lowest BCUT2D eigenvalue weighted by Gasteiger charge is -2.39. The smallest absolute Gasteiger partial charge is 0.230 e. The van der Waals surface area contributed by atoms with Gasteiger partial charge in [-0.1, -0.05) is 19.4 Å². The van der Waals surface area contributed by atoms with E-state index in [0.29, 0.717) is 11.3 Å². The molecule has 1 amide bonds. The minimum Gasteiger partial charge on any atom is -0.326 e. The van der Waals surface area contributed by atoms with Crippen LogP contribution in [0.3, 0.4) is 0 Å². The Hall–Kier alpha value is -1.38. The topological polar surface area (TPSA) is 29.1 Å².